The molecule has 1 amide bonds. The lowest BCUT2D eigenvalue weighted by Gasteiger charge is -2.28. The molecule has 1 N–H and O–H groups in total. The van der Waals surface area contributed by atoms with Gasteiger partial charge in [-0.15, -0.1) is 0 Å². The third-order valence-corrected chi connectivity index (χ3v) is 5.17. The van der Waals surface area contributed by atoms with Gasteiger partial charge in [0.2, 0.25) is 0 Å². The zero-order valence-electron chi connectivity index (χ0n) is 13.3. The molecule has 1 aliphatic heterocycles. The molecule has 4 nitrogen and oxygen atoms in total. The molecule has 4 heteroatoms. The van der Waals surface area contributed by atoms with Gasteiger partial charge >= 0.3 is 0 Å². The highest BCUT2D eigenvalue weighted by Crippen LogP contribution is 2.48. The van der Waals surface area contributed by atoms with Gasteiger partial charge in [-0.05, 0) is 24.5 Å². The van der Waals surface area contributed by atoms with Gasteiger partial charge in [-0.1, -0.05) is 48.5 Å². The van der Waals surface area contributed by atoms with Crippen molar-refractivity contribution in [1.29, 1.82) is 0 Å². The van der Waals surface area contributed by atoms with Crippen LogP contribution in [0.2, 0.25) is 0 Å². The maximum Gasteiger partial charge on any atom is 0.264 e. The van der Waals surface area contributed by atoms with Crippen LogP contribution in [0.5, 0.6) is 0 Å². The summed E-state index contributed by atoms with van der Waals surface area (Å²) in [4.78, 5) is 27.0. The molecular formula is C20H19NO3. The number of anilines is 1. The number of aliphatic hydroxyl groups is 1. The van der Waals surface area contributed by atoms with E-state index in [4.69, 9.17) is 0 Å². The van der Waals surface area contributed by atoms with Crippen molar-refractivity contribution in [1.82, 2.24) is 0 Å². The van der Waals surface area contributed by atoms with Gasteiger partial charge < -0.3 is 10.0 Å². The predicted octanol–water partition coefficient (Wildman–Crippen LogP) is 2.79. The number of nitrogens with zero attached hydrogens (tertiary/aromatic N) is 1. The van der Waals surface area contributed by atoms with Gasteiger partial charge in [0.05, 0.1) is 18.2 Å². The van der Waals surface area contributed by atoms with Gasteiger partial charge in [0.25, 0.3) is 5.91 Å². The highest BCUT2D eigenvalue weighted by molar-refractivity contribution is 6.09. The van der Waals surface area contributed by atoms with Crippen molar-refractivity contribution in [2.75, 3.05) is 4.90 Å². The zero-order chi connectivity index (χ0) is 16.7. The summed E-state index contributed by atoms with van der Waals surface area (Å²) in [5, 5.41) is 11.3. The van der Waals surface area contributed by atoms with E-state index >= 15 is 0 Å². The Hall–Kier alpha value is -2.46. The van der Waals surface area contributed by atoms with Crippen molar-refractivity contribution < 1.29 is 14.7 Å². The quantitative estimate of drug-likeness (QED) is 0.946. The lowest BCUT2D eigenvalue weighted by atomic mass is 9.80. The van der Waals surface area contributed by atoms with Crippen LogP contribution in [-0.2, 0) is 21.7 Å². The standard InChI is InChI=1S/C20H19NO3/c22-18-12-6-10-16(18)20(24)15-9-4-5-11-17(15)21(19(20)23)13-14-7-2-1-3-8-14/h1-5,7-9,11,16,24H,6,10,12-13H2/t16-,20-/m1/s1. The highest BCUT2D eigenvalue weighted by Gasteiger charge is 2.57. The summed E-state index contributed by atoms with van der Waals surface area (Å²) in [6.45, 7) is 0.389. The molecule has 24 heavy (non-hydrogen) atoms. The minimum atomic E-state index is -1.72. The number of fused-ring (bicyclic) bond motifs is 1. The average Bonchev–Trinajstić information content (AvgIpc) is 3.13. The van der Waals surface area contributed by atoms with Crippen LogP contribution < -0.4 is 4.90 Å². The Morgan fingerprint density at radius 1 is 1.04 bits per heavy atom. The van der Waals surface area contributed by atoms with Gasteiger partial charge in [-0.25, -0.2) is 0 Å². The molecule has 0 aromatic heterocycles. The summed E-state index contributed by atoms with van der Waals surface area (Å²) in [5.41, 5.74) is 0.529. The Bertz CT molecular complexity index is 802. The van der Waals surface area contributed by atoms with E-state index < -0.39 is 11.5 Å². The number of ketones is 1. The van der Waals surface area contributed by atoms with E-state index in [0.29, 0.717) is 30.6 Å². The second kappa shape index (κ2) is 5.56. The first-order valence-electron chi connectivity index (χ1n) is 8.33. The van der Waals surface area contributed by atoms with Gasteiger partial charge in [-0.3, -0.25) is 9.59 Å². The second-order valence-corrected chi connectivity index (χ2v) is 6.57. The van der Waals surface area contributed by atoms with Crippen LogP contribution in [0.3, 0.4) is 0 Å². The molecule has 0 bridgehead atoms. The molecule has 2 aromatic carbocycles. The zero-order valence-corrected chi connectivity index (χ0v) is 13.3. The number of amides is 1. The summed E-state index contributed by atoms with van der Waals surface area (Å²) in [6.07, 6.45) is 1.75. The Morgan fingerprint density at radius 2 is 1.75 bits per heavy atom. The minimum Gasteiger partial charge on any atom is -0.375 e. The molecule has 1 fully saturated rings. The van der Waals surface area contributed by atoms with Crippen molar-refractivity contribution in [3.63, 3.8) is 0 Å². The maximum atomic E-state index is 13.1. The fraction of sp³-hybridized carbons (Fsp3) is 0.300. The number of hydrogen-bond acceptors (Lipinski definition) is 3. The minimum absolute atomic E-state index is 0.0118. The number of hydrogen-bond donors (Lipinski definition) is 1. The fourth-order valence-electron chi connectivity index (χ4n) is 3.98. The maximum absolute atomic E-state index is 13.1. The molecule has 0 radical (unpaired) electrons. The summed E-state index contributed by atoms with van der Waals surface area (Å²) in [5.74, 6) is -1.03. The lowest BCUT2D eigenvalue weighted by Crippen LogP contribution is -2.46. The van der Waals surface area contributed by atoms with E-state index in [9.17, 15) is 14.7 Å². The van der Waals surface area contributed by atoms with Crippen LogP contribution in [0.25, 0.3) is 0 Å². The van der Waals surface area contributed by atoms with Crippen molar-refractivity contribution in [2.24, 2.45) is 5.92 Å². The number of carbonyl (C=O) groups is 2. The lowest BCUT2D eigenvalue weighted by molar-refractivity contribution is -0.148. The molecule has 2 aromatic rings. The molecule has 2 aliphatic rings. The summed E-state index contributed by atoms with van der Waals surface area (Å²) in [7, 11) is 0. The number of carbonyl (C=O) groups excluding carboxylic acids is 2. The summed E-state index contributed by atoms with van der Waals surface area (Å²) >= 11 is 0. The molecule has 2 atom stereocenters. The third kappa shape index (κ3) is 2.10. The molecular weight excluding hydrogens is 302 g/mol. The van der Waals surface area contributed by atoms with Crippen molar-refractivity contribution in [3.05, 3.63) is 65.7 Å². The molecule has 1 heterocycles. The average molecular weight is 321 g/mol. The predicted molar refractivity (Wildman–Crippen MR) is 90.3 cm³/mol. The van der Waals surface area contributed by atoms with Crippen LogP contribution in [-0.4, -0.2) is 16.8 Å². The van der Waals surface area contributed by atoms with Crippen LogP contribution in [0.1, 0.15) is 30.4 Å². The third-order valence-electron chi connectivity index (χ3n) is 5.17. The van der Waals surface area contributed by atoms with Gasteiger partial charge in [0.15, 0.2) is 5.60 Å². The fourth-order valence-corrected chi connectivity index (χ4v) is 3.98. The molecule has 0 spiro atoms. The van der Waals surface area contributed by atoms with E-state index in [1.165, 1.54) is 0 Å². The Morgan fingerprint density at radius 3 is 2.46 bits per heavy atom. The molecule has 1 saturated carbocycles. The Labute approximate surface area is 140 Å². The van der Waals surface area contributed by atoms with Gasteiger partial charge in [0.1, 0.15) is 5.78 Å². The Balaban J connectivity index is 1.78. The summed E-state index contributed by atoms with van der Waals surface area (Å²) < 4.78 is 0. The highest BCUT2D eigenvalue weighted by atomic mass is 16.3. The van der Waals surface area contributed by atoms with Gasteiger partial charge in [0, 0.05) is 12.0 Å². The number of benzene rings is 2. The number of para-hydroxylation sites is 1. The molecule has 0 unspecified atom stereocenters. The van der Waals surface area contributed by atoms with E-state index in [2.05, 4.69) is 0 Å². The monoisotopic (exact) mass is 321 g/mol. The van der Waals surface area contributed by atoms with Crippen molar-refractivity contribution >= 4 is 17.4 Å². The van der Waals surface area contributed by atoms with Gasteiger partial charge in [-0.2, -0.15) is 0 Å². The van der Waals surface area contributed by atoms with Crippen LogP contribution in [0.4, 0.5) is 5.69 Å². The first-order valence-corrected chi connectivity index (χ1v) is 8.33. The topological polar surface area (TPSA) is 57.6 Å². The molecule has 1 aliphatic carbocycles. The molecule has 0 saturated heterocycles. The van der Waals surface area contributed by atoms with E-state index in [0.717, 1.165) is 12.0 Å². The molecule has 122 valence electrons. The number of rotatable bonds is 3. The van der Waals surface area contributed by atoms with E-state index in [1.54, 1.807) is 11.0 Å². The van der Waals surface area contributed by atoms with Crippen molar-refractivity contribution in [3.8, 4) is 0 Å². The molecule has 4 rings (SSSR count). The smallest absolute Gasteiger partial charge is 0.264 e. The van der Waals surface area contributed by atoms with Crippen LogP contribution in [0.15, 0.2) is 54.6 Å². The second-order valence-electron chi connectivity index (χ2n) is 6.57. The first-order chi connectivity index (χ1) is 11.6. The summed E-state index contributed by atoms with van der Waals surface area (Å²) in [6, 6.07) is 17.0. The normalized spacial score (nSPS) is 26.0. The van der Waals surface area contributed by atoms with Crippen LogP contribution in [0, 0.1) is 5.92 Å². The van der Waals surface area contributed by atoms with E-state index in [1.807, 2.05) is 48.5 Å². The SMILES string of the molecule is O=C1CCC[C@H]1[C@@]1(O)C(=O)N(Cc2ccccc2)c2ccccc21. The Kier molecular flexibility index (Phi) is 3.50. The first kappa shape index (κ1) is 15.1. The van der Waals surface area contributed by atoms with Crippen molar-refractivity contribution in [2.45, 2.75) is 31.4 Å². The number of Topliss-reactive ketones (excluding diaryl/α,β-unsaturated/α-hetero) is 1. The van der Waals surface area contributed by atoms with E-state index in [-0.39, 0.29) is 11.7 Å². The van der Waals surface area contributed by atoms with Crippen LogP contribution >= 0.6 is 0 Å². The largest absolute Gasteiger partial charge is 0.375 e.